The van der Waals surface area contributed by atoms with Crippen LogP contribution in [0.1, 0.15) is 34.8 Å². The molecule has 1 amide bonds. The summed E-state index contributed by atoms with van der Waals surface area (Å²) in [6.45, 7) is 6.11. The van der Waals surface area contributed by atoms with Crippen molar-refractivity contribution in [2.24, 2.45) is 0 Å². The highest BCUT2D eigenvalue weighted by atomic mass is 32.1. The smallest absolute Gasteiger partial charge is 0.269 e. The molecule has 2 aromatic rings. The standard InChI is InChI=1S/C19H24N4O3S/c1-14-12-27-13-17(14)19(25)22-4-2-3-15(11-22)23-18(24)9-16(10-20-23)21-5-7-26-8-6-21/h9-10,12-13,15H,2-8,11H2,1H3/t15-/m0/s1. The third kappa shape index (κ3) is 3.77. The van der Waals surface area contributed by atoms with E-state index in [4.69, 9.17) is 4.74 Å². The first-order valence-corrected chi connectivity index (χ1v) is 10.3. The summed E-state index contributed by atoms with van der Waals surface area (Å²) < 4.78 is 6.91. The van der Waals surface area contributed by atoms with E-state index < -0.39 is 0 Å². The largest absolute Gasteiger partial charge is 0.378 e. The second kappa shape index (κ2) is 7.82. The predicted octanol–water partition coefficient (Wildman–Crippen LogP) is 1.93. The number of carbonyl (C=O) groups is 1. The molecule has 2 saturated heterocycles. The van der Waals surface area contributed by atoms with Crippen molar-refractivity contribution in [3.63, 3.8) is 0 Å². The van der Waals surface area contributed by atoms with Crippen molar-refractivity contribution in [2.75, 3.05) is 44.3 Å². The second-order valence-corrected chi connectivity index (χ2v) is 7.86. The third-order valence-electron chi connectivity index (χ3n) is 5.30. The van der Waals surface area contributed by atoms with E-state index in [2.05, 4.69) is 10.00 Å². The Bertz CT molecular complexity index is 872. The number of rotatable bonds is 3. The highest BCUT2D eigenvalue weighted by Gasteiger charge is 2.28. The van der Waals surface area contributed by atoms with E-state index in [9.17, 15) is 9.59 Å². The van der Waals surface area contributed by atoms with Crippen molar-refractivity contribution in [2.45, 2.75) is 25.8 Å². The lowest BCUT2D eigenvalue weighted by Gasteiger charge is -2.33. The molecule has 0 aromatic carbocycles. The van der Waals surface area contributed by atoms with Gasteiger partial charge in [-0.2, -0.15) is 16.4 Å². The number of hydrogen-bond donors (Lipinski definition) is 0. The van der Waals surface area contributed by atoms with Gasteiger partial charge in [-0.25, -0.2) is 4.68 Å². The monoisotopic (exact) mass is 388 g/mol. The number of nitrogens with zero attached hydrogens (tertiary/aromatic N) is 4. The SMILES string of the molecule is Cc1cscc1C(=O)N1CCC[C@H](n2ncc(N3CCOCC3)cc2=O)C1. The van der Waals surface area contributed by atoms with Crippen LogP contribution in [0, 0.1) is 6.92 Å². The van der Waals surface area contributed by atoms with E-state index in [0.717, 1.165) is 49.3 Å². The van der Waals surface area contributed by atoms with Crippen LogP contribution in [0.4, 0.5) is 5.69 Å². The molecule has 4 rings (SSSR count). The Morgan fingerprint density at radius 3 is 2.78 bits per heavy atom. The van der Waals surface area contributed by atoms with Crippen LogP contribution in [0.25, 0.3) is 0 Å². The quantitative estimate of drug-likeness (QED) is 0.804. The molecule has 0 aliphatic carbocycles. The van der Waals surface area contributed by atoms with E-state index in [0.29, 0.717) is 19.8 Å². The summed E-state index contributed by atoms with van der Waals surface area (Å²) in [5.41, 5.74) is 2.52. The van der Waals surface area contributed by atoms with Crippen LogP contribution in [-0.4, -0.2) is 60.0 Å². The molecule has 2 aliphatic rings. The summed E-state index contributed by atoms with van der Waals surface area (Å²) in [6, 6.07) is 1.58. The van der Waals surface area contributed by atoms with Crippen LogP contribution < -0.4 is 10.5 Å². The molecule has 2 fully saturated rings. The third-order valence-corrected chi connectivity index (χ3v) is 6.16. The summed E-state index contributed by atoms with van der Waals surface area (Å²) in [5.74, 6) is 0.0523. The molecule has 2 aliphatic heterocycles. The maximum Gasteiger partial charge on any atom is 0.269 e. The van der Waals surface area contributed by atoms with Crippen molar-refractivity contribution >= 4 is 22.9 Å². The lowest BCUT2D eigenvalue weighted by Crippen LogP contribution is -2.44. The molecule has 8 heteroatoms. The number of thiophene rings is 1. The number of morpholine rings is 1. The minimum absolute atomic E-state index is 0.0523. The summed E-state index contributed by atoms with van der Waals surface area (Å²) in [6.07, 6.45) is 3.49. The zero-order valence-corrected chi connectivity index (χ0v) is 16.3. The first-order chi connectivity index (χ1) is 13.1. The first kappa shape index (κ1) is 18.2. The van der Waals surface area contributed by atoms with Crippen molar-refractivity contribution in [3.05, 3.63) is 44.5 Å². The fourth-order valence-corrected chi connectivity index (χ4v) is 4.59. The Balaban J connectivity index is 1.50. The zero-order chi connectivity index (χ0) is 18.8. The van der Waals surface area contributed by atoms with Crippen LogP contribution in [0.2, 0.25) is 0 Å². The number of likely N-dealkylation sites (tertiary alicyclic amines) is 1. The number of carbonyl (C=O) groups excluding carboxylic acids is 1. The Hall–Kier alpha value is -2.19. The van der Waals surface area contributed by atoms with E-state index in [1.54, 1.807) is 28.3 Å². The van der Waals surface area contributed by atoms with Crippen molar-refractivity contribution in [3.8, 4) is 0 Å². The topological polar surface area (TPSA) is 67.7 Å². The van der Waals surface area contributed by atoms with Gasteiger partial charge in [0.1, 0.15) is 0 Å². The van der Waals surface area contributed by atoms with Gasteiger partial charge < -0.3 is 14.5 Å². The Kier molecular flexibility index (Phi) is 5.27. The molecular weight excluding hydrogens is 364 g/mol. The Morgan fingerprint density at radius 1 is 1.26 bits per heavy atom. The van der Waals surface area contributed by atoms with Gasteiger partial charge >= 0.3 is 0 Å². The zero-order valence-electron chi connectivity index (χ0n) is 15.5. The van der Waals surface area contributed by atoms with Gasteiger partial charge in [0.15, 0.2) is 0 Å². The maximum absolute atomic E-state index is 12.8. The fraction of sp³-hybridized carbons (Fsp3) is 0.526. The number of aryl methyl sites for hydroxylation is 1. The second-order valence-electron chi connectivity index (χ2n) is 7.11. The highest BCUT2D eigenvalue weighted by Crippen LogP contribution is 2.24. The van der Waals surface area contributed by atoms with Gasteiger partial charge in [0.2, 0.25) is 0 Å². The highest BCUT2D eigenvalue weighted by molar-refractivity contribution is 7.08. The number of anilines is 1. The lowest BCUT2D eigenvalue weighted by atomic mass is 10.0. The van der Waals surface area contributed by atoms with Gasteiger partial charge in [0.25, 0.3) is 11.5 Å². The van der Waals surface area contributed by atoms with Crippen LogP contribution in [0.5, 0.6) is 0 Å². The van der Waals surface area contributed by atoms with Crippen LogP contribution in [0.15, 0.2) is 27.8 Å². The number of amides is 1. The Labute approximate surface area is 162 Å². The average Bonchev–Trinajstić information content (AvgIpc) is 3.14. The van der Waals surface area contributed by atoms with Gasteiger partial charge in [-0.1, -0.05) is 0 Å². The van der Waals surface area contributed by atoms with E-state index in [1.165, 1.54) is 0 Å². The summed E-state index contributed by atoms with van der Waals surface area (Å²) >= 11 is 1.54. The molecule has 7 nitrogen and oxygen atoms in total. The predicted molar refractivity (Wildman–Crippen MR) is 105 cm³/mol. The van der Waals surface area contributed by atoms with E-state index in [1.807, 2.05) is 22.6 Å². The van der Waals surface area contributed by atoms with Crippen molar-refractivity contribution < 1.29 is 9.53 Å². The minimum Gasteiger partial charge on any atom is -0.378 e. The first-order valence-electron chi connectivity index (χ1n) is 9.37. The van der Waals surface area contributed by atoms with Gasteiger partial charge in [0, 0.05) is 37.6 Å². The molecule has 0 radical (unpaired) electrons. The molecule has 0 N–H and O–H groups in total. The molecule has 0 bridgehead atoms. The minimum atomic E-state index is -0.106. The van der Waals surface area contributed by atoms with Crippen molar-refractivity contribution in [1.29, 1.82) is 0 Å². The Morgan fingerprint density at radius 2 is 2.07 bits per heavy atom. The maximum atomic E-state index is 12.8. The molecule has 2 aromatic heterocycles. The molecular formula is C19H24N4O3S. The van der Waals surface area contributed by atoms with E-state index in [-0.39, 0.29) is 17.5 Å². The number of ether oxygens (including phenoxy) is 1. The summed E-state index contributed by atoms with van der Waals surface area (Å²) in [4.78, 5) is 29.5. The lowest BCUT2D eigenvalue weighted by molar-refractivity contribution is 0.0669. The van der Waals surface area contributed by atoms with E-state index >= 15 is 0 Å². The number of piperidine rings is 1. The van der Waals surface area contributed by atoms with Gasteiger partial charge in [-0.15, -0.1) is 0 Å². The number of hydrogen-bond acceptors (Lipinski definition) is 6. The van der Waals surface area contributed by atoms with Crippen LogP contribution in [0.3, 0.4) is 0 Å². The normalized spacial score (nSPS) is 20.7. The summed E-state index contributed by atoms with van der Waals surface area (Å²) in [7, 11) is 0. The molecule has 0 saturated carbocycles. The van der Waals surface area contributed by atoms with Crippen LogP contribution in [-0.2, 0) is 4.74 Å². The fourth-order valence-electron chi connectivity index (χ4n) is 3.77. The molecule has 0 unspecified atom stereocenters. The van der Waals surface area contributed by atoms with Gasteiger partial charge in [-0.05, 0) is 30.7 Å². The molecule has 144 valence electrons. The molecule has 1 atom stereocenters. The average molecular weight is 388 g/mol. The summed E-state index contributed by atoms with van der Waals surface area (Å²) in [5, 5.41) is 8.33. The van der Waals surface area contributed by atoms with Crippen LogP contribution >= 0.6 is 11.3 Å². The van der Waals surface area contributed by atoms with Gasteiger partial charge in [-0.3, -0.25) is 9.59 Å². The van der Waals surface area contributed by atoms with Gasteiger partial charge in [0.05, 0.1) is 36.7 Å². The molecule has 4 heterocycles. The number of aromatic nitrogens is 2. The molecule has 27 heavy (non-hydrogen) atoms. The van der Waals surface area contributed by atoms with Crippen molar-refractivity contribution in [1.82, 2.24) is 14.7 Å². The molecule has 0 spiro atoms.